The van der Waals surface area contributed by atoms with Gasteiger partial charge in [-0.05, 0) is 41.8 Å². The molecule has 0 aliphatic heterocycles. The molecule has 3 heteroatoms. The molecule has 0 unspecified atom stereocenters. The van der Waals surface area contributed by atoms with Crippen molar-refractivity contribution in [2.75, 3.05) is 5.32 Å². The SMILES string of the molecule is Cc1ccc(NC(=O)/C(C#N)=C/c2ccc(-c3ccccc3)cc2)cc1. The van der Waals surface area contributed by atoms with Crippen LogP contribution in [0, 0.1) is 18.3 Å². The van der Waals surface area contributed by atoms with Gasteiger partial charge in [-0.1, -0.05) is 72.3 Å². The molecule has 3 nitrogen and oxygen atoms in total. The Morgan fingerprint density at radius 2 is 1.50 bits per heavy atom. The smallest absolute Gasteiger partial charge is 0.266 e. The fraction of sp³-hybridized carbons (Fsp3) is 0.0435. The van der Waals surface area contributed by atoms with E-state index in [1.165, 1.54) is 0 Å². The van der Waals surface area contributed by atoms with Crippen LogP contribution < -0.4 is 5.32 Å². The van der Waals surface area contributed by atoms with Crippen LogP contribution >= 0.6 is 0 Å². The van der Waals surface area contributed by atoms with E-state index in [2.05, 4.69) is 5.32 Å². The van der Waals surface area contributed by atoms with Gasteiger partial charge >= 0.3 is 0 Å². The lowest BCUT2D eigenvalue weighted by molar-refractivity contribution is -0.112. The van der Waals surface area contributed by atoms with Crippen LogP contribution in [0.1, 0.15) is 11.1 Å². The molecule has 1 N–H and O–H groups in total. The predicted octanol–water partition coefficient (Wildman–Crippen LogP) is 5.21. The van der Waals surface area contributed by atoms with Gasteiger partial charge in [0.2, 0.25) is 0 Å². The highest BCUT2D eigenvalue weighted by Gasteiger charge is 2.09. The topological polar surface area (TPSA) is 52.9 Å². The average molecular weight is 338 g/mol. The highest BCUT2D eigenvalue weighted by molar-refractivity contribution is 6.09. The molecule has 0 aliphatic rings. The number of aryl methyl sites for hydroxylation is 1. The third-order valence-corrected chi connectivity index (χ3v) is 4.00. The quantitative estimate of drug-likeness (QED) is 0.524. The lowest BCUT2D eigenvalue weighted by Gasteiger charge is -2.05. The maximum atomic E-state index is 12.3. The number of nitriles is 1. The highest BCUT2D eigenvalue weighted by atomic mass is 16.1. The summed E-state index contributed by atoms with van der Waals surface area (Å²) in [5.41, 5.74) is 4.86. The fourth-order valence-corrected chi connectivity index (χ4v) is 2.55. The molecular weight excluding hydrogens is 320 g/mol. The molecule has 0 spiro atoms. The lowest BCUT2D eigenvalue weighted by Crippen LogP contribution is -2.13. The van der Waals surface area contributed by atoms with E-state index in [1.807, 2.05) is 91.9 Å². The first-order valence-electron chi connectivity index (χ1n) is 8.31. The molecule has 26 heavy (non-hydrogen) atoms. The van der Waals surface area contributed by atoms with Gasteiger partial charge in [0.05, 0.1) is 0 Å². The Balaban J connectivity index is 1.77. The van der Waals surface area contributed by atoms with Gasteiger partial charge in [-0.2, -0.15) is 5.26 Å². The minimum atomic E-state index is -0.413. The number of hydrogen-bond donors (Lipinski definition) is 1. The first kappa shape index (κ1) is 17.2. The van der Waals surface area contributed by atoms with Crippen LogP contribution in [0.25, 0.3) is 17.2 Å². The van der Waals surface area contributed by atoms with Crippen LogP contribution in [-0.2, 0) is 4.79 Å². The summed E-state index contributed by atoms with van der Waals surface area (Å²) in [4.78, 5) is 12.3. The van der Waals surface area contributed by atoms with Crippen molar-refractivity contribution in [3.8, 4) is 17.2 Å². The summed E-state index contributed by atoms with van der Waals surface area (Å²) in [6.45, 7) is 1.98. The van der Waals surface area contributed by atoms with Crippen molar-refractivity contribution >= 4 is 17.7 Å². The van der Waals surface area contributed by atoms with Gasteiger partial charge in [-0.25, -0.2) is 0 Å². The van der Waals surface area contributed by atoms with Crippen molar-refractivity contribution in [3.05, 3.63) is 95.6 Å². The van der Waals surface area contributed by atoms with Crippen LogP contribution in [0.3, 0.4) is 0 Å². The first-order chi connectivity index (χ1) is 12.7. The molecule has 3 aromatic carbocycles. The lowest BCUT2D eigenvalue weighted by atomic mass is 10.0. The minimum Gasteiger partial charge on any atom is -0.321 e. The van der Waals surface area contributed by atoms with Gasteiger partial charge < -0.3 is 5.32 Å². The van der Waals surface area contributed by atoms with Crippen molar-refractivity contribution < 1.29 is 4.79 Å². The number of nitrogens with one attached hydrogen (secondary N) is 1. The molecule has 0 atom stereocenters. The number of anilines is 1. The molecule has 0 aromatic heterocycles. The molecule has 126 valence electrons. The molecule has 3 rings (SSSR count). The minimum absolute atomic E-state index is 0.0676. The molecule has 0 heterocycles. The predicted molar refractivity (Wildman–Crippen MR) is 105 cm³/mol. The molecule has 0 bridgehead atoms. The first-order valence-corrected chi connectivity index (χ1v) is 8.31. The maximum absolute atomic E-state index is 12.3. The summed E-state index contributed by atoms with van der Waals surface area (Å²) in [6.07, 6.45) is 1.60. The Bertz CT molecular complexity index is 963. The maximum Gasteiger partial charge on any atom is 0.266 e. The molecule has 0 radical (unpaired) electrons. The summed E-state index contributed by atoms with van der Waals surface area (Å²) in [7, 11) is 0. The zero-order valence-corrected chi connectivity index (χ0v) is 14.4. The van der Waals surface area contributed by atoms with Crippen LogP contribution in [0.15, 0.2) is 84.4 Å². The van der Waals surface area contributed by atoms with E-state index in [0.717, 1.165) is 22.3 Å². The number of benzene rings is 3. The fourth-order valence-electron chi connectivity index (χ4n) is 2.55. The van der Waals surface area contributed by atoms with E-state index in [9.17, 15) is 10.1 Å². The van der Waals surface area contributed by atoms with Gasteiger partial charge in [-0.15, -0.1) is 0 Å². The molecule has 1 amide bonds. The number of carbonyl (C=O) groups is 1. The second-order valence-electron chi connectivity index (χ2n) is 5.98. The second kappa shape index (κ2) is 7.96. The van der Waals surface area contributed by atoms with Gasteiger partial charge in [0.15, 0.2) is 0 Å². The van der Waals surface area contributed by atoms with E-state index in [-0.39, 0.29) is 5.57 Å². The summed E-state index contributed by atoms with van der Waals surface area (Å²) >= 11 is 0. The number of carbonyl (C=O) groups excluding carboxylic acids is 1. The van der Waals surface area contributed by atoms with Crippen molar-refractivity contribution in [3.63, 3.8) is 0 Å². The zero-order valence-electron chi connectivity index (χ0n) is 14.4. The van der Waals surface area contributed by atoms with Crippen molar-refractivity contribution in [2.24, 2.45) is 0 Å². The van der Waals surface area contributed by atoms with E-state index in [1.54, 1.807) is 6.08 Å². The van der Waals surface area contributed by atoms with Gasteiger partial charge in [0.1, 0.15) is 11.6 Å². The van der Waals surface area contributed by atoms with Crippen LogP contribution in [0.2, 0.25) is 0 Å². The van der Waals surface area contributed by atoms with Crippen molar-refractivity contribution in [1.82, 2.24) is 0 Å². The number of amides is 1. The number of hydrogen-bond acceptors (Lipinski definition) is 2. The molecule has 0 fully saturated rings. The number of nitrogens with zero attached hydrogens (tertiary/aromatic N) is 1. The monoisotopic (exact) mass is 338 g/mol. The van der Waals surface area contributed by atoms with Crippen molar-refractivity contribution in [1.29, 1.82) is 5.26 Å². The normalized spacial score (nSPS) is 10.8. The van der Waals surface area contributed by atoms with Gasteiger partial charge in [-0.3, -0.25) is 4.79 Å². The number of rotatable bonds is 4. The molecule has 0 saturated heterocycles. The molecule has 0 aliphatic carbocycles. The van der Waals surface area contributed by atoms with Gasteiger partial charge in [0, 0.05) is 5.69 Å². The Kier molecular flexibility index (Phi) is 5.26. The second-order valence-corrected chi connectivity index (χ2v) is 5.98. The molecule has 0 saturated carbocycles. The van der Waals surface area contributed by atoms with E-state index < -0.39 is 5.91 Å². The third-order valence-electron chi connectivity index (χ3n) is 4.00. The standard InChI is InChI=1S/C23H18N2O/c1-17-7-13-22(14-8-17)25-23(26)21(16-24)15-18-9-11-20(12-10-18)19-5-3-2-4-6-19/h2-15H,1H3,(H,25,26)/b21-15+. The largest absolute Gasteiger partial charge is 0.321 e. The highest BCUT2D eigenvalue weighted by Crippen LogP contribution is 2.20. The average Bonchev–Trinajstić information content (AvgIpc) is 2.69. The van der Waals surface area contributed by atoms with Crippen molar-refractivity contribution in [2.45, 2.75) is 6.92 Å². The Hall–Kier alpha value is -3.64. The Morgan fingerprint density at radius 3 is 2.12 bits per heavy atom. The summed E-state index contributed by atoms with van der Waals surface area (Å²) in [6, 6.07) is 27.2. The Morgan fingerprint density at radius 1 is 0.885 bits per heavy atom. The van der Waals surface area contributed by atoms with Crippen LogP contribution in [0.4, 0.5) is 5.69 Å². The van der Waals surface area contributed by atoms with E-state index >= 15 is 0 Å². The molecule has 3 aromatic rings. The van der Waals surface area contributed by atoms with Crippen LogP contribution in [-0.4, -0.2) is 5.91 Å². The summed E-state index contributed by atoms with van der Waals surface area (Å²) in [5, 5.41) is 12.1. The van der Waals surface area contributed by atoms with E-state index in [0.29, 0.717) is 5.69 Å². The molecular formula is C23H18N2O. The third kappa shape index (κ3) is 4.25. The van der Waals surface area contributed by atoms with Crippen LogP contribution in [0.5, 0.6) is 0 Å². The summed E-state index contributed by atoms with van der Waals surface area (Å²) in [5.74, 6) is -0.413. The Labute approximate surface area is 153 Å². The van der Waals surface area contributed by atoms with E-state index in [4.69, 9.17) is 0 Å². The summed E-state index contributed by atoms with van der Waals surface area (Å²) < 4.78 is 0. The zero-order chi connectivity index (χ0) is 18.4. The van der Waals surface area contributed by atoms with Gasteiger partial charge in [0.25, 0.3) is 5.91 Å².